The highest BCUT2D eigenvalue weighted by molar-refractivity contribution is 6.30. The van der Waals surface area contributed by atoms with Gasteiger partial charge >= 0.3 is 18.0 Å². The van der Waals surface area contributed by atoms with Crippen LogP contribution in [0.3, 0.4) is 0 Å². The van der Waals surface area contributed by atoms with Gasteiger partial charge in [0.1, 0.15) is 5.75 Å². The molecule has 0 aliphatic rings. The van der Waals surface area contributed by atoms with Crippen molar-refractivity contribution in [2.75, 3.05) is 20.1 Å². The number of ether oxygens (including phenoxy) is 1. The Labute approximate surface area is 191 Å². The van der Waals surface area contributed by atoms with Crippen LogP contribution in [0.2, 0.25) is 5.02 Å². The zero-order valence-corrected chi connectivity index (χ0v) is 18.2. The minimum atomic E-state index is -4.49. The summed E-state index contributed by atoms with van der Waals surface area (Å²) in [7, 11) is 1.80. The number of alkyl halides is 3. The monoisotopic (exact) mass is 484 g/mol. The van der Waals surface area contributed by atoms with Crippen LogP contribution >= 0.6 is 11.6 Å². The van der Waals surface area contributed by atoms with Gasteiger partial charge in [0.25, 0.3) is 0 Å². The summed E-state index contributed by atoms with van der Waals surface area (Å²) in [4.78, 5) is 24.3. The van der Waals surface area contributed by atoms with Crippen molar-refractivity contribution in [1.82, 2.24) is 20.4 Å². The van der Waals surface area contributed by atoms with Crippen LogP contribution in [0.4, 0.5) is 18.0 Å². The Bertz CT molecular complexity index is 1160. The van der Waals surface area contributed by atoms with Gasteiger partial charge < -0.3 is 19.8 Å². The normalized spacial score (nSPS) is 11.4. The molecule has 2 N–H and O–H groups in total. The molecule has 0 spiro atoms. The molecule has 3 rings (SSSR count). The molecule has 12 heteroatoms. The Morgan fingerprint density at radius 3 is 2.58 bits per heavy atom. The summed E-state index contributed by atoms with van der Waals surface area (Å²) >= 11 is 6.04. The maximum Gasteiger partial charge on any atom is 0.437 e. The van der Waals surface area contributed by atoms with Crippen molar-refractivity contribution in [1.29, 1.82) is 0 Å². The van der Waals surface area contributed by atoms with E-state index in [-0.39, 0.29) is 23.7 Å². The zero-order valence-electron chi connectivity index (χ0n) is 17.4. The van der Waals surface area contributed by atoms with Gasteiger partial charge in [-0.15, -0.1) is 5.10 Å². The van der Waals surface area contributed by atoms with E-state index in [1.54, 1.807) is 7.05 Å². The molecule has 8 nitrogen and oxygen atoms in total. The van der Waals surface area contributed by atoms with E-state index in [2.05, 4.69) is 15.7 Å². The summed E-state index contributed by atoms with van der Waals surface area (Å²) in [5, 5.41) is 9.94. The molecule has 1 heterocycles. The maximum atomic E-state index is 12.7. The first kappa shape index (κ1) is 24.3. The zero-order chi connectivity index (χ0) is 24.0. The van der Waals surface area contributed by atoms with Crippen LogP contribution in [0.1, 0.15) is 17.5 Å². The predicted octanol–water partition coefficient (Wildman–Crippen LogP) is 3.92. The third kappa shape index (κ3) is 6.59. The molecule has 0 saturated carbocycles. The van der Waals surface area contributed by atoms with Crippen LogP contribution in [0.5, 0.6) is 5.75 Å². The fourth-order valence-electron chi connectivity index (χ4n) is 2.85. The molecule has 1 aromatic heterocycles. The third-order valence-corrected chi connectivity index (χ3v) is 4.72. The molecule has 0 radical (unpaired) electrons. The van der Waals surface area contributed by atoms with Crippen molar-refractivity contribution < 1.29 is 27.1 Å². The number of hydrogen-bond acceptors (Lipinski definition) is 6. The van der Waals surface area contributed by atoms with E-state index in [1.165, 1.54) is 18.2 Å². The van der Waals surface area contributed by atoms with Gasteiger partial charge in [-0.3, -0.25) is 0 Å². The summed E-state index contributed by atoms with van der Waals surface area (Å²) in [6.45, 7) is 0.983. The lowest BCUT2D eigenvalue weighted by Gasteiger charge is -2.11. The van der Waals surface area contributed by atoms with Gasteiger partial charge in [-0.2, -0.15) is 17.9 Å². The first-order chi connectivity index (χ1) is 15.7. The average molecular weight is 485 g/mol. The molecular formula is C21H20ClF3N4O4. The quantitative estimate of drug-likeness (QED) is 0.470. The van der Waals surface area contributed by atoms with Crippen LogP contribution in [0.15, 0.2) is 51.7 Å². The number of rotatable bonds is 8. The molecule has 176 valence electrons. The fraction of sp³-hybridized carbons (Fsp3) is 0.286. The SMILES string of the molecule is CNCCCNC(=O)Oc1ccc(Cl)cc1Cn1nc(-c2ccc(C(F)(F)F)cc2)oc1=O. The maximum absolute atomic E-state index is 12.7. The fourth-order valence-corrected chi connectivity index (χ4v) is 3.04. The van der Waals surface area contributed by atoms with Crippen molar-refractivity contribution in [2.45, 2.75) is 19.1 Å². The lowest BCUT2D eigenvalue weighted by atomic mass is 10.1. The van der Waals surface area contributed by atoms with E-state index < -0.39 is 23.6 Å². The summed E-state index contributed by atoms with van der Waals surface area (Å²) in [6.07, 6.45) is -4.45. The molecule has 0 bridgehead atoms. The number of aromatic nitrogens is 2. The molecule has 0 aliphatic carbocycles. The standard InChI is InChI=1S/C21H20ClF3N4O4/c1-26-9-2-10-27-19(30)32-17-8-7-16(22)11-14(17)12-29-20(31)33-18(28-29)13-3-5-15(6-4-13)21(23,24)25/h3-8,11,26H,2,9-10,12H2,1H3,(H,27,30). The second-order valence-electron chi connectivity index (χ2n) is 6.93. The molecule has 0 fully saturated rings. The highest BCUT2D eigenvalue weighted by Crippen LogP contribution is 2.30. The number of carbonyl (C=O) groups is 1. The van der Waals surface area contributed by atoms with E-state index in [4.69, 9.17) is 20.8 Å². The highest BCUT2D eigenvalue weighted by Gasteiger charge is 2.30. The molecular weight excluding hydrogens is 465 g/mol. The number of benzene rings is 2. The summed E-state index contributed by atoms with van der Waals surface area (Å²) in [6, 6.07) is 8.55. The van der Waals surface area contributed by atoms with Crippen molar-refractivity contribution in [3.8, 4) is 17.2 Å². The number of halogens is 4. The van der Waals surface area contributed by atoms with Crippen molar-refractivity contribution in [3.63, 3.8) is 0 Å². The molecule has 0 unspecified atom stereocenters. The van der Waals surface area contributed by atoms with Crippen LogP contribution in [-0.2, 0) is 12.7 Å². The van der Waals surface area contributed by atoms with Gasteiger partial charge in [0.2, 0.25) is 5.89 Å². The molecule has 0 saturated heterocycles. The Balaban J connectivity index is 1.77. The molecule has 33 heavy (non-hydrogen) atoms. The Kier molecular flexibility index (Phi) is 7.77. The first-order valence-electron chi connectivity index (χ1n) is 9.81. The smallest absolute Gasteiger partial charge is 0.410 e. The van der Waals surface area contributed by atoms with Gasteiger partial charge in [-0.05, 0) is 62.5 Å². The second-order valence-corrected chi connectivity index (χ2v) is 7.37. The average Bonchev–Trinajstić information content (AvgIpc) is 3.13. The summed E-state index contributed by atoms with van der Waals surface area (Å²) in [5.41, 5.74) is -0.261. The van der Waals surface area contributed by atoms with Gasteiger partial charge in [0.05, 0.1) is 12.1 Å². The van der Waals surface area contributed by atoms with Crippen molar-refractivity contribution >= 4 is 17.7 Å². The van der Waals surface area contributed by atoms with E-state index in [0.29, 0.717) is 23.6 Å². The number of nitrogens with one attached hydrogen (secondary N) is 2. The van der Waals surface area contributed by atoms with Gasteiger partial charge in [-0.1, -0.05) is 11.6 Å². The van der Waals surface area contributed by atoms with Crippen LogP contribution < -0.4 is 21.1 Å². The Hall–Kier alpha value is -3.31. The van der Waals surface area contributed by atoms with Crippen LogP contribution in [0, 0.1) is 0 Å². The topological polar surface area (TPSA) is 98.4 Å². The van der Waals surface area contributed by atoms with E-state index in [1.807, 2.05) is 0 Å². The highest BCUT2D eigenvalue weighted by atomic mass is 35.5. The largest absolute Gasteiger partial charge is 0.437 e. The number of carbonyl (C=O) groups excluding carboxylic acids is 1. The second kappa shape index (κ2) is 10.5. The minimum Gasteiger partial charge on any atom is -0.410 e. The van der Waals surface area contributed by atoms with E-state index in [9.17, 15) is 22.8 Å². The minimum absolute atomic E-state index is 0.147. The van der Waals surface area contributed by atoms with Crippen molar-refractivity contribution in [2.24, 2.45) is 0 Å². The lowest BCUT2D eigenvalue weighted by Crippen LogP contribution is -2.29. The molecule has 2 aromatic carbocycles. The Morgan fingerprint density at radius 2 is 1.91 bits per heavy atom. The lowest BCUT2D eigenvalue weighted by molar-refractivity contribution is -0.137. The molecule has 1 amide bonds. The molecule has 3 aromatic rings. The predicted molar refractivity (Wildman–Crippen MR) is 114 cm³/mol. The number of hydrogen-bond donors (Lipinski definition) is 2. The van der Waals surface area contributed by atoms with Crippen molar-refractivity contribution in [3.05, 3.63) is 69.2 Å². The molecule has 0 aliphatic heterocycles. The van der Waals surface area contributed by atoms with Crippen LogP contribution in [0.25, 0.3) is 11.5 Å². The summed E-state index contributed by atoms with van der Waals surface area (Å²) in [5.74, 6) is -0.829. The van der Waals surface area contributed by atoms with E-state index >= 15 is 0 Å². The van der Waals surface area contributed by atoms with Crippen LogP contribution in [-0.4, -0.2) is 36.0 Å². The molecule has 0 atom stereocenters. The van der Waals surface area contributed by atoms with E-state index in [0.717, 1.165) is 35.5 Å². The van der Waals surface area contributed by atoms with Gasteiger partial charge in [0, 0.05) is 22.7 Å². The number of amides is 1. The third-order valence-electron chi connectivity index (χ3n) is 4.48. The summed E-state index contributed by atoms with van der Waals surface area (Å²) < 4.78 is 49.6. The first-order valence-corrected chi connectivity index (χ1v) is 10.2. The van der Waals surface area contributed by atoms with Gasteiger partial charge in [-0.25, -0.2) is 9.59 Å². The van der Waals surface area contributed by atoms with Gasteiger partial charge in [0.15, 0.2) is 0 Å². The number of nitrogens with zero attached hydrogens (tertiary/aromatic N) is 2. The Morgan fingerprint density at radius 1 is 1.18 bits per heavy atom.